The number of nitrogens with one attached hydrogen (secondary N) is 1. The van der Waals surface area contributed by atoms with Crippen molar-refractivity contribution in [2.24, 2.45) is 17.3 Å². The molecule has 0 saturated heterocycles. The summed E-state index contributed by atoms with van der Waals surface area (Å²) in [6, 6.07) is 10.1. The summed E-state index contributed by atoms with van der Waals surface area (Å²) in [4.78, 5) is 23.4. The lowest BCUT2D eigenvalue weighted by atomic mass is 10.1. The highest BCUT2D eigenvalue weighted by atomic mass is 32.1. The smallest absolute Gasteiger partial charge is 0.307 e. The number of amides is 1. The van der Waals surface area contributed by atoms with Gasteiger partial charge in [-0.15, -0.1) is 10.2 Å². The summed E-state index contributed by atoms with van der Waals surface area (Å²) in [5.74, 6) is -2.38. The summed E-state index contributed by atoms with van der Waals surface area (Å²) in [5, 5.41) is 21.2. The molecule has 1 aromatic carbocycles. The van der Waals surface area contributed by atoms with Gasteiger partial charge in [0.15, 0.2) is 0 Å². The number of aryl methyl sites for hydroxylation is 2. The molecule has 0 radical (unpaired) electrons. The first kappa shape index (κ1) is 16.6. The van der Waals surface area contributed by atoms with Crippen LogP contribution in [-0.4, -0.2) is 27.2 Å². The number of benzene rings is 1. The van der Waals surface area contributed by atoms with Crippen LogP contribution in [0, 0.1) is 17.3 Å². The second kappa shape index (κ2) is 6.32. The van der Waals surface area contributed by atoms with E-state index < -0.39 is 23.2 Å². The Labute approximate surface area is 143 Å². The fourth-order valence-electron chi connectivity index (χ4n) is 3.07. The molecular weight excluding hydrogens is 326 g/mol. The summed E-state index contributed by atoms with van der Waals surface area (Å²) >= 11 is 1.33. The summed E-state index contributed by atoms with van der Waals surface area (Å²) in [5.41, 5.74) is 0.707. The Morgan fingerprint density at radius 2 is 1.88 bits per heavy atom. The van der Waals surface area contributed by atoms with Crippen LogP contribution in [0.4, 0.5) is 5.13 Å². The lowest BCUT2D eigenvalue weighted by Gasteiger charge is -2.01. The molecule has 0 aliphatic heterocycles. The van der Waals surface area contributed by atoms with Crippen LogP contribution in [0.5, 0.6) is 0 Å². The molecule has 1 aromatic heterocycles. The van der Waals surface area contributed by atoms with Crippen LogP contribution in [0.15, 0.2) is 30.3 Å². The van der Waals surface area contributed by atoms with Crippen molar-refractivity contribution >= 4 is 28.3 Å². The summed E-state index contributed by atoms with van der Waals surface area (Å²) in [7, 11) is 0. The van der Waals surface area contributed by atoms with E-state index in [-0.39, 0.29) is 5.91 Å². The lowest BCUT2D eigenvalue weighted by Crippen LogP contribution is -2.17. The maximum atomic E-state index is 12.3. The Morgan fingerprint density at radius 3 is 2.50 bits per heavy atom. The maximum absolute atomic E-state index is 12.3. The van der Waals surface area contributed by atoms with Crippen LogP contribution >= 0.6 is 11.3 Å². The number of anilines is 1. The Hall–Kier alpha value is -2.28. The number of carbonyl (C=O) groups is 2. The first-order valence-electron chi connectivity index (χ1n) is 7.79. The molecule has 2 N–H and O–H groups in total. The van der Waals surface area contributed by atoms with Gasteiger partial charge in [0.1, 0.15) is 5.01 Å². The number of aromatic nitrogens is 2. The van der Waals surface area contributed by atoms with Crippen molar-refractivity contribution in [1.82, 2.24) is 10.2 Å². The molecule has 1 fully saturated rings. The van der Waals surface area contributed by atoms with Gasteiger partial charge in [-0.2, -0.15) is 0 Å². The third kappa shape index (κ3) is 3.31. The van der Waals surface area contributed by atoms with Gasteiger partial charge in [-0.25, -0.2) is 0 Å². The minimum atomic E-state index is -0.930. The van der Waals surface area contributed by atoms with Crippen molar-refractivity contribution in [2.45, 2.75) is 26.7 Å². The van der Waals surface area contributed by atoms with Crippen molar-refractivity contribution in [3.8, 4) is 0 Å². The highest BCUT2D eigenvalue weighted by Gasteiger charge is 2.66. The molecule has 1 aliphatic rings. The standard InChI is InChI=1S/C17H19N3O3S/c1-17(2)12(13(17)15(22)23)14(21)18-16-20-19-11(24-16)9-8-10-6-4-3-5-7-10/h3-7,12-13H,8-9H2,1-2H3,(H,22,23)(H,18,20,21)/t12-,13+/m1/s1. The molecule has 6 nitrogen and oxygen atoms in total. The average Bonchev–Trinajstić information content (AvgIpc) is 2.89. The molecule has 1 amide bonds. The first-order chi connectivity index (χ1) is 11.4. The Bertz CT molecular complexity index is 757. The summed E-state index contributed by atoms with van der Waals surface area (Å²) < 4.78 is 0. The van der Waals surface area contributed by atoms with Gasteiger partial charge in [-0.3, -0.25) is 9.59 Å². The van der Waals surface area contributed by atoms with Gasteiger partial charge in [-0.05, 0) is 17.4 Å². The van der Waals surface area contributed by atoms with Crippen LogP contribution in [0.25, 0.3) is 0 Å². The third-order valence-electron chi connectivity index (χ3n) is 4.54. The largest absolute Gasteiger partial charge is 0.481 e. The molecule has 0 unspecified atom stereocenters. The minimum absolute atomic E-state index is 0.293. The van der Waals surface area contributed by atoms with E-state index in [1.54, 1.807) is 13.8 Å². The van der Waals surface area contributed by atoms with E-state index in [0.29, 0.717) is 5.13 Å². The lowest BCUT2D eigenvalue weighted by molar-refractivity contribution is -0.140. The molecule has 0 spiro atoms. The van der Waals surface area contributed by atoms with E-state index in [1.165, 1.54) is 16.9 Å². The highest BCUT2D eigenvalue weighted by molar-refractivity contribution is 7.15. The van der Waals surface area contributed by atoms with Gasteiger partial charge in [-0.1, -0.05) is 55.5 Å². The molecule has 3 rings (SSSR count). The number of carboxylic acids is 1. The van der Waals surface area contributed by atoms with E-state index in [9.17, 15) is 9.59 Å². The number of rotatable bonds is 6. The third-order valence-corrected chi connectivity index (χ3v) is 5.44. The van der Waals surface area contributed by atoms with Crippen LogP contribution in [0.1, 0.15) is 24.4 Å². The Kier molecular flexibility index (Phi) is 4.36. The van der Waals surface area contributed by atoms with Gasteiger partial charge >= 0.3 is 5.97 Å². The van der Waals surface area contributed by atoms with Crippen molar-refractivity contribution in [3.63, 3.8) is 0 Å². The topological polar surface area (TPSA) is 92.2 Å². The van der Waals surface area contributed by atoms with Gasteiger partial charge in [0.2, 0.25) is 11.0 Å². The number of aliphatic carboxylic acids is 1. The molecule has 2 atom stereocenters. The molecule has 1 heterocycles. The van der Waals surface area contributed by atoms with Gasteiger partial charge in [0.25, 0.3) is 0 Å². The zero-order chi connectivity index (χ0) is 17.3. The van der Waals surface area contributed by atoms with Gasteiger partial charge in [0.05, 0.1) is 11.8 Å². The highest BCUT2D eigenvalue weighted by Crippen LogP contribution is 2.58. The average molecular weight is 345 g/mol. The van der Waals surface area contributed by atoms with E-state index >= 15 is 0 Å². The zero-order valence-electron chi connectivity index (χ0n) is 13.5. The van der Waals surface area contributed by atoms with E-state index in [1.807, 2.05) is 18.2 Å². The SMILES string of the molecule is CC1(C)[C@H](C(=O)O)[C@@H]1C(=O)Nc1nnc(CCc2ccccc2)s1. The van der Waals surface area contributed by atoms with E-state index in [4.69, 9.17) is 5.11 Å². The molecule has 24 heavy (non-hydrogen) atoms. The number of carboxylic acid groups (broad SMARTS) is 1. The van der Waals surface area contributed by atoms with Crippen molar-refractivity contribution in [2.75, 3.05) is 5.32 Å². The monoisotopic (exact) mass is 345 g/mol. The molecule has 0 bridgehead atoms. The molecule has 1 aliphatic carbocycles. The summed E-state index contributed by atoms with van der Waals surface area (Å²) in [6.07, 6.45) is 1.62. The molecular formula is C17H19N3O3S. The first-order valence-corrected chi connectivity index (χ1v) is 8.61. The molecule has 1 saturated carbocycles. The predicted molar refractivity (Wildman–Crippen MR) is 90.8 cm³/mol. The van der Waals surface area contributed by atoms with Crippen molar-refractivity contribution in [1.29, 1.82) is 0 Å². The van der Waals surface area contributed by atoms with Crippen molar-refractivity contribution in [3.05, 3.63) is 40.9 Å². The van der Waals surface area contributed by atoms with Crippen LogP contribution < -0.4 is 5.32 Å². The van der Waals surface area contributed by atoms with Crippen LogP contribution in [-0.2, 0) is 22.4 Å². The van der Waals surface area contributed by atoms with Crippen molar-refractivity contribution < 1.29 is 14.7 Å². The van der Waals surface area contributed by atoms with Gasteiger partial charge in [0, 0.05) is 6.42 Å². The number of nitrogens with zero attached hydrogens (tertiary/aromatic N) is 2. The zero-order valence-corrected chi connectivity index (χ0v) is 14.3. The predicted octanol–water partition coefficient (Wildman–Crippen LogP) is 2.62. The molecule has 2 aromatic rings. The number of hydrogen-bond acceptors (Lipinski definition) is 5. The number of carbonyl (C=O) groups excluding carboxylic acids is 1. The van der Waals surface area contributed by atoms with Crippen LogP contribution in [0.3, 0.4) is 0 Å². The van der Waals surface area contributed by atoms with Crippen LogP contribution in [0.2, 0.25) is 0 Å². The van der Waals surface area contributed by atoms with Gasteiger partial charge < -0.3 is 10.4 Å². The minimum Gasteiger partial charge on any atom is -0.481 e. The second-order valence-corrected chi connectivity index (χ2v) is 7.65. The maximum Gasteiger partial charge on any atom is 0.307 e. The van der Waals surface area contributed by atoms with E-state index in [0.717, 1.165) is 17.8 Å². The Balaban J connectivity index is 1.57. The molecule has 126 valence electrons. The Morgan fingerprint density at radius 1 is 1.17 bits per heavy atom. The second-order valence-electron chi connectivity index (χ2n) is 6.59. The number of hydrogen-bond donors (Lipinski definition) is 2. The normalized spacial score (nSPS) is 21.2. The fourth-order valence-corrected chi connectivity index (χ4v) is 3.81. The summed E-state index contributed by atoms with van der Waals surface area (Å²) in [6.45, 7) is 3.59. The van der Waals surface area contributed by atoms with E-state index in [2.05, 4.69) is 27.6 Å². The fraction of sp³-hybridized carbons (Fsp3) is 0.412. The quantitative estimate of drug-likeness (QED) is 0.839. The molecule has 7 heteroatoms.